The van der Waals surface area contributed by atoms with Crippen LogP contribution in [0.5, 0.6) is 0 Å². The third-order valence-electron chi connectivity index (χ3n) is 2.56. The molecular formula is C13H13Cl2F3N2. The molecule has 110 valence electrons. The Bertz CT molecular complexity index is 545. The average molecular weight is 325 g/mol. The van der Waals surface area contributed by atoms with E-state index in [9.17, 15) is 13.2 Å². The van der Waals surface area contributed by atoms with Crippen molar-refractivity contribution in [2.45, 2.75) is 19.5 Å². The first-order valence-corrected chi connectivity index (χ1v) is 5.38. The van der Waals surface area contributed by atoms with E-state index in [0.29, 0.717) is 6.42 Å². The number of aryl methyl sites for hydroxylation is 1. The highest BCUT2D eigenvalue weighted by molar-refractivity contribution is 5.85. The van der Waals surface area contributed by atoms with Gasteiger partial charge in [-0.05, 0) is 42.2 Å². The molecule has 0 aliphatic rings. The molecule has 0 atom stereocenters. The predicted molar refractivity (Wildman–Crippen MR) is 75.5 cm³/mol. The van der Waals surface area contributed by atoms with Gasteiger partial charge in [0.2, 0.25) is 0 Å². The van der Waals surface area contributed by atoms with E-state index < -0.39 is 11.9 Å². The van der Waals surface area contributed by atoms with Gasteiger partial charge in [-0.25, -0.2) is 0 Å². The molecule has 0 radical (unpaired) electrons. The lowest BCUT2D eigenvalue weighted by Gasteiger charge is -2.10. The van der Waals surface area contributed by atoms with E-state index in [4.69, 9.17) is 0 Å². The van der Waals surface area contributed by atoms with Gasteiger partial charge in [0.15, 0.2) is 0 Å². The normalized spacial score (nSPS) is 10.4. The number of hydrogen-bond acceptors (Lipinski definition) is 2. The van der Waals surface area contributed by atoms with Crippen LogP contribution in [0.4, 0.5) is 13.2 Å². The molecule has 0 aliphatic heterocycles. The van der Waals surface area contributed by atoms with Crippen molar-refractivity contribution < 1.29 is 13.2 Å². The van der Waals surface area contributed by atoms with Gasteiger partial charge in [0.1, 0.15) is 5.69 Å². The van der Waals surface area contributed by atoms with Gasteiger partial charge in [-0.3, -0.25) is 9.97 Å². The zero-order valence-electron chi connectivity index (χ0n) is 10.5. The second-order valence-corrected chi connectivity index (χ2v) is 4.04. The van der Waals surface area contributed by atoms with Gasteiger partial charge in [-0.2, -0.15) is 13.2 Å². The molecule has 0 spiro atoms. The second-order valence-electron chi connectivity index (χ2n) is 4.04. The van der Waals surface area contributed by atoms with Gasteiger partial charge in [0.05, 0.1) is 0 Å². The molecule has 2 aromatic rings. The smallest absolute Gasteiger partial charge is 0.265 e. The van der Waals surface area contributed by atoms with Crippen molar-refractivity contribution in [2.75, 3.05) is 0 Å². The van der Waals surface area contributed by atoms with E-state index in [1.807, 2.05) is 12.1 Å². The molecule has 20 heavy (non-hydrogen) atoms. The quantitative estimate of drug-likeness (QED) is 0.825. The summed E-state index contributed by atoms with van der Waals surface area (Å²) in [4.78, 5) is 7.39. The third kappa shape index (κ3) is 4.65. The van der Waals surface area contributed by atoms with E-state index in [0.717, 1.165) is 11.1 Å². The van der Waals surface area contributed by atoms with Gasteiger partial charge in [-0.15, -0.1) is 24.8 Å². The SMILES string of the molecule is Cc1cc(Cc2ccncc2)cnc1C(F)(F)F.Cl.Cl. The van der Waals surface area contributed by atoms with Gasteiger partial charge in [0, 0.05) is 18.6 Å². The molecule has 0 aromatic carbocycles. The van der Waals surface area contributed by atoms with E-state index in [1.165, 1.54) is 19.2 Å². The van der Waals surface area contributed by atoms with Gasteiger partial charge < -0.3 is 0 Å². The Kier molecular flexibility index (Phi) is 6.96. The molecule has 7 heteroatoms. The molecule has 2 heterocycles. The standard InChI is InChI=1S/C13H11F3N2.2ClH/c1-9-6-11(7-10-2-4-17-5-3-10)8-18-12(9)13(14,15)16;;/h2-6,8H,7H2,1H3;2*1H. The van der Waals surface area contributed by atoms with Crippen LogP contribution in [0.3, 0.4) is 0 Å². The second kappa shape index (κ2) is 7.45. The molecular weight excluding hydrogens is 312 g/mol. The summed E-state index contributed by atoms with van der Waals surface area (Å²) in [5.74, 6) is 0. The molecule has 0 amide bonds. The number of nitrogens with zero attached hydrogens (tertiary/aromatic N) is 2. The fraction of sp³-hybridized carbons (Fsp3) is 0.231. The van der Waals surface area contributed by atoms with Crippen LogP contribution < -0.4 is 0 Å². The minimum absolute atomic E-state index is 0. The molecule has 0 unspecified atom stereocenters. The minimum Gasteiger partial charge on any atom is -0.265 e. The Morgan fingerprint density at radius 3 is 2.15 bits per heavy atom. The monoisotopic (exact) mass is 324 g/mol. The van der Waals surface area contributed by atoms with Gasteiger partial charge in [-0.1, -0.05) is 6.07 Å². The van der Waals surface area contributed by atoms with E-state index in [2.05, 4.69) is 9.97 Å². The molecule has 0 bridgehead atoms. The maximum absolute atomic E-state index is 12.5. The highest BCUT2D eigenvalue weighted by Crippen LogP contribution is 2.30. The number of halogens is 5. The first-order chi connectivity index (χ1) is 8.47. The molecule has 0 fully saturated rings. The molecule has 2 rings (SSSR count). The maximum atomic E-state index is 12.5. The van der Waals surface area contributed by atoms with Crippen molar-refractivity contribution >= 4 is 24.8 Å². The first-order valence-electron chi connectivity index (χ1n) is 5.38. The molecule has 0 aliphatic carbocycles. The summed E-state index contributed by atoms with van der Waals surface area (Å²) in [6, 6.07) is 5.18. The summed E-state index contributed by atoms with van der Waals surface area (Å²) in [7, 11) is 0. The zero-order valence-corrected chi connectivity index (χ0v) is 12.1. The Balaban J connectivity index is 0.00000180. The number of alkyl halides is 3. The largest absolute Gasteiger partial charge is 0.433 e. The van der Waals surface area contributed by atoms with Crippen LogP contribution in [0.15, 0.2) is 36.8 Å². The lowest BCUT2D eigenvalue weighted by Crippen LogP contribution is -2.10. The average Bonchev–Trinajstić information content (AvgIpc) is 2.28. The van der Waals surface area contributed by atoms with Crippen LogP contribution >= 0.6 is 24.8 Å². The molecule has 0 N–H and O–H groups in total. The number of pyridine rings is 2. The summed E-state index contributed by atoms with van der Waals surface area (Å²) >= 11 is 0. The number of hydrogen-bond donors (Lipinski definition) is 0. The molecule has 0 saturated carbocycles. The Labute approximate surface area is 127 Å². The van der Waals surface area contributed by atoms with Crippen molar-refractivity contribution in [2.24, 2.45) is 0 Å². The lowest BCUT2D eigenvalue weighted by molar-refractivity contribution is -0.141. The first kappa shape index (κ1) is 18.7. The molecule has 2 aromatic heterocycles. The lowest BCUT2D eigenvalue weighted by atomic mass is 10.1. The predicted octanol–water partition coefficient (Wildman–Crippen LogP) is 4.24. The topological polar surface area (TPSA) is 25.8 Å². The minimum atomic E-state index is -4.39. The Hall–Kier alpha value is -1.33. The van der Waals surface area contributed by atoms with Gasteiger partial charge in [0.25, 0.3) is 0 Å². The zero-order chi connectivity index (χ0) is 13.2. The van der Waals surface area contributed by atoms with Crippen LogP contribution in [0.2, 0.25) is 0 Å². The van der Waals surface area contributed by atoms with Crippen LogP contribution in [-0.2, 0) is 12.6 Å². The van der Waals surface area contributed by atoms with Gasteiger partial charge >= 0.3 is 6.18 Å². The van der Waals surface area contributed by atoms with Crippen molar-refractivity contribution in [3.05, 3.63) is 59.2 Å². The van der Waals surface area contributed by atoms with E-state index >= 15 is 0 Å². The van der Waals surface area contributed by atoms with Crippen LogP contribution in [-0.4, -0.2) is 9.97 Å². The summed E-state index contributed by atoms with van der Waals surface area (Å²) in [6.07, 6.45) is 0.740. The van der Waals surface area contributed by atoms with E-state index in [-0.39, 0.29) is 30.4 Å². The van der Waals surface area contributed by atoms with Crippen LogP contribution in [0.25, 0.3) is 0 Å². The Morgan fingerprint density at radius 2 is 1.65 bits per heavy atom. The fourth-order valence-electron chi connectivity index (χ4n) is 1.76. The van der Waals surface area contributed by atoms with Crippen LogP contribution in [0.1, 0.15) is 22.4 Å². The molecule has 2 nitrogen and oxygen atoms in total. The fourth-order valence-corrected chi connectivity index (χ4v) is 1.76. The highest BCUT2D eigenvalue weighted by atomic mass is 35.5. The number of rotatable bonds is 2. The number of aromatic nitrogens is 2. The highest BCUT2D eigenvalue weighted by Gasteiger charge is 2.34. The van der Waals surface area contributed by atoms with Crippen molar-refractivity contribution in [3.63, 3.8) is 0 Å². The van der Waals surface area contributed by atoms with Crippen molar-refractivity contribution in [1.82, 2.24) is 9.97 Å². The summed E-state index contributed by atoms with van der Waals surface area (Å²) < 4.78 is 37.6. The summed E-state index contributed by atoms with van der Waals surface area (Å²) in [5.41, 5.74) is 1.08. The summed E-state index contributed by atoms with van der Waals surface area (Å²) in [5, 5.41) is 0. The molecule has 0 saturated heterocycles. The van der Waals surface area contributed by atoms with Crippen molar-refractivity contribution in [1.29, 1.82) is 0 Å². The van der Waals surface area contributed by atoms with Crippen LogP contribution in [0, 0.1) is 6.92 Å². The third-order valence-corrected chi connectivity index (χ3v) is 2.56. The Morgan fingerprint density at radius 1 is 1.05 bits per heavy atom. The van der Waals surface area contributed by atoms with E-state index in [1.54, 1.807) is 12.4 Å². The summed E-state index contributed by atoms with van der Waals surface area (Å²) in [6.45, 7) is 1.42. The van der Waals surface area contributed by atoms with Crippen molar-refractivity contribution in [3.8, 4) is 0 Å². The maximum Gasteiger partial charge on any atom is 0.433 e.